The number of carbonyl (C=O) groups excluding carboxylic acids is 1. The number of benzene rings is 2. The maximum Gasteiger partial charge on any atom is 0.291 e. The second kappa shape index (κ2) is 6.99. The molecule has 0 aliphatic carbocycles. The molecule has 122 valence electrons. The Hall–Kier alpha value is -2.43. The average molecular weight is 362 g/mol. The van der Waals surface area contributed by atoms with Crippen LogP contribution in [0, 0.1) is 0 Å². The minimum atomic E-state index is -0.352. The number of anilines is 1. The summed E-state index contributed by atoms with van der Waals surface area (Å²) in [7, 11) is 1.57. The van der Waals surface area contributed by atoms with Crippen LogP contribution in [0.5, 0.6) is 5.75 Å². The number of rotatable bonds is 4. The van der Waals surface area contributed by atoms with Crippen molar-refractivity contribution in [3.63, 3.8) is 0 Å². The molecular formula is C18H13Cl2NO3. The van der Waals surface area contributed by atoms with Crippen molar-refractivity contribution in [1.29, 1.82) is 0 Å². The number of hydrogen-bond acceptors (Lipinski definition) is 3. The van der Waals surface area contributed by atoms with Crippen LogP contribution >= 0.6 is 23.2 Å². The monoisotopic (exact) mass is 361 g/mol. The van der Waals surface area contributed by atoms with Crippen molar-refractivity contribution < 1.29 is 13.9 Å². The third kappa shape index (κ3) is 3.55. The smallest absolute Gasteiger partial charge is 0.291 e. The first-order chi connectivity index (χ1) is 11.6. The van der Waals surface area contributed by atoms with Gasteiger partial charge < -0.3 is 14.5 Å². The molecule has 0 bridgehead atoms. The topological polar surface area (TPSA) is 51.5 Å². The van der Waals surface area contributed by atoms with Crippen LogP contribution in [-0.2, 0) is 0 Å². The summed E-state index contributed by atoms with van der Waals surface area (Å²) in [6.45, 7) is 0. The second-order valence-corrected chi connectivity index (χ2v) is 5.79. The molecule has 0 spiro atoms. The molecule has 1 heterocycles. The third-order valence-electron chi connectivity index (χ3n) is 3.36. The van der Waals surface area contributed by atoms with Gasteiger partial charge in [0, 0.05) is 17.3 Å². The molecule has 0 radical (unpaired) electrons. The number of halogens is 2. The first kappa shape index (κ1) is 16.4. The molecule has 1 N–H and O–H groups in total. The zero-order chi connectivity index (χ0) is 17.1. The predicted octanol–water partition coefficient (Wildman–Crippen LogP) is 5.51. The molecule has 24 heavy (non-hydrogen) atoms. The number of carbonyl (C=O) groups is 1. The first-order valence-corrected chi connectivity index (χ1v) is 7.83. The maximum atomic E-state index is 12.3. The van der Waals surface area contributed by atoms with Crippen molar-refractivity contribution in [2.24, 2.45) is 0 Å². The van der Waals surface area contributed by atoms with Crippen molar-refractivity contribution in [3.8, 4) is 17.1 Å². The molecule has 1 aromatic heterocycles. The lowest BCUT2D eigenvalue weighted by molar-refractivity contribution is 0.0997. The standard InChI is InChI=1S/C18H13Cl2NO3/c1-23-13-4-2-3-12(10-13)21-18(22)17-8-7-16(24-17)11-5-6-14(19)15(20)9-11/h2-10H,1H3,(H,21,22). The molecule has 6 heteroatoms. The second-order valence-electron chi connectivity index (χ2n) is 4.98. The predicted molar refractivity (Wildman–Crippen MR) is 95.1 cm³/mol. The Morgan fingerprint density at radius 3 is 2.62 bits per heavy atom. The molecule has 3 rings (SSSR count). The summed E-state index contributed by atoms with van der Waals surface area (Å²) < 4.78 is 10.7. The molecule has 0 aliphatic heterocycles. The quantitative estimate of drug-likeness (QED) is 0.665. The summed E-state index contributed by atoms with van der Waals surface area (Å²) in [5, 5.41) is 3.64. The lowest BCUT2D eigenvalue weighted by Crippen LogP contribution is -2.10. The number of nitrogens with one attached hydrogen (secondary N) is 1. The normalized spacial score (nSPS) is 10.5. The fourth-order valence-electron chi connectivity index (χ4n) is 2.16. The zero-order valence-corrected chi connectivity index (χ0v) is 14.2. The van der Waals surface area contributed by atoms with Gasteiger partial charge in [0.1, 0.15) is 11.5 Å². The van der Waals surface area contributed by atoms with E-state index in [1.54, 1.807) is 61.7 Å². The summed E-state index contributed by atoms with van der Waals surface area (Å²) in [6, 6.07) is 15.5. The fourth-order valence-corrected chi connectivity index (χ4v) is 2.46. The van der Waals surface area contributed by atoms with E-state index in [-0.39, 0.29) is 11.7 Å². The van der Waals surface area contributed by atoms with Gasteiger partial charge in [-0.15, -0.1) is 0 Å². The van der Waals surface area contributed by atoms with Crippen LogP contribution in [0.3, 0.4) is 0 Å². The van der Waals surface area contributed by atoms with Crippen molar-refractivity contribution >= 4 is 34.8 Å². The number of amides is 1. The number of ether oxygens (including phenoxy) is 1. The van der Waals surface area contributed by atoms with Gasteiger partial charge in [0.15, 0.2) is 5.76 Å². The Kier molecular flexibility index (Phi) is 4.79. The van der Waals surface area contributed by atoms with Gasteiger partial charge in [0.05, 0.1) is 17.2 Å². The molecule has 4 nitrogen and oxygen atoms in total. The Morgan fingerprint density at radius 1 is 1.04 bits per heavy atom. The summed E-state index contributed by atoms with van der Waals surface area (Å²) in [5.74, 6) is 1.03. The van der Waals surface area contributed by atoms with Crippen LogP contribution in [0.1, 0.15) is 10.6 Å². The van der Waals surface area contributed by atoms with Crippen molar-refractivity contribution in [1.82, 2.24) is 0 Å². The van der Waals surface area contributed by atoms with Crippen LogP contribution < -0.4 is 10.1 Å². The SMILES string of the molecule is COc1cccc(NC(=O)c2ccc(-c3ccc(Cl)c(Cl)c3)o2)c1. The molecule has 0 aliphatic rings. The lowest BCUT2D eigenvalue weighted by atomic mass is 10.2. The lowest BCUT2D eigenvalue weighted by Gasteiger charge is -2.05. The highest BCUT2D eigenvalue weighted by Crippen LogP contribution is 2.29. The fraction of sp³-hybridized carbons (Fsp3) is 0.0556. The minimum Gasteiger partial charge on any atom is -0.497 e. The van der Waals surface area contributed by atoms with Crippen LogP contribution in [0.2, 0.25) is 10.0 Å². The highest BCUT2D eigenvalue weighted by Gasteiger charge is 2.13. The molecule has 0 atom stereocenters. The zero-order valence-electron chi connectivity index (χ0n) is 12.7. The average Bonchev–Trinajstić information content (AvgIpc) is 3.08. The third-order valence-corrected chi connectivity index (χ3v) is 4.10. The van der Waals surface area contributed by atoms with Crippen LogP contribution in [0.4, 0.5) is 5.69 Å². The molecule has 2 aromatic carbocycles. The molecule has 0 fully saturated rings. The Bertz CT molecular complexity index is 889. The van der Waals surface area contributed by atoms with E-state index in [9.17, 15) is 4.79 Å². The van der Waals surface area contributed by atoms with Gasteiger partial charge in [-0.2, -0.15) is 0 Å². The van der Waals surface area contributed by atoms with E-state index >= 15 is 0 Å². The largest absolute Gasteiger partial charge is 0.497 e. The molecule has 0 saturated carbocycles. The molecule has 0 saturated heterocycles. The molecule has 1 amide bonds. The van der Waals surface area contributed by atoms with E-state index in [1.165, 1.54) is 0 Å². The Balaban J connectivity index is 1.79. The van der Waals surface area contributed by atoms with Crippen molar-refractivity contribution in [3.05, 3.63) is 70.4 Å². The Morgan fingerprint density at radius 2 is 1.88 bits per heavy atom. The van der Waals surface area contributed by atoms with E-state index < -0.39 is 0 Å². The van der Waals surface area contributed by atoms with E-state index in [0.717, 1.165) is 5.56 Å². The van der Waals surface area contributed by atoms with Crippen molar-refractivity contribution in [2.45, 2.75) is 0 Å². The molecule has 3 aromatic rings. The first-order valence-electron chi connectivity index (χ1n) is 7.07. The van der Waals surface area contributed by atoms with Gasteiger partial charge in [-0.05, 0) is 42.5 Å². The molecular weight excluding hydrogens is 349 g/mol. The van der Waals surface area contributed by atoms with Gasteiger partial charge in [-0.1, -0.05) is 29.3 Å². The van der Waals surface area contributed by atoms with Gasteiger partial charge >= 0.3 is 0 Å². The van der Waals surface area contributed by atoms with Crippen LogP contribution in [0.25, 0.3) is 11.3 Å². The Labute approximate surface area is 149 Å². The number of furan rings is 1. The summed E-state index contributed by atoms with van der Waals surface area (Å²) >= 11 is 11.9. The maximum absolute atomic E-state index is 12.3. The van der Waals surface area contributed by atoms with E-state index in [1.807, 2.05) is 0 Å². The highest BCUT2D eigenvalue weighted by atomic mass is 35.5. The van der Waals surface area contributed by atoms with Gasteiger partial charge in [0.2, 0.25) is 0 Å². The van der Waals surface area contributed by atoms with Gasteiger partial charge in [-0.3, -0.25) is 4.79 Å². The van der Waals surface area contributed by atoms with Crippen molar-refractivity contribution in [2.75, 3.05) is 12.4 Å². The van der Waals surface area contributed by atoms with E-state index in [0.29, 0.717) is 27.2 Å². The van der Waals surface area contributed by atoms with E-state index in [2.05, 4.69) is 5.32 Å². The molecule has 0 unspecified atom stereocenters. The summed E-state index contributed by atoms with van der Waals surface area (Å²) in [5.41, 5.74) is 1.36. The van der Waals surface area contributed by atoms with Gasteiger partial charge in [0.25, 0.3) is 5.91 Å². The minimum absolute atomic E-state index is 0.193. The van der Waals surface area contributed by atoms with Crippen LogP contribution in [0.15, 0.2) is 59.0 Å². The summed E-state index contributed by atoms with van der Waals surface area (Å²) in [4.78, 5) is 12.3. The van der Waals surface area contributed by atoms with Crippen LogP contribution in [-0.4, -0.2) is 13.0 Å². The number of methoxy groups -OCH3 is 1. The summed E-state index contributed by atoms with van der Waals surface area (Å²) in [6.07, 6.45) is 0. The highest BCUT2D eigenvalue weighted by molar-refractivity contribution is 6.42. The number of hydrogen-bond donors (Lipinski definition) is 1. The van der Waals surface area contributed by atoms with E-state index in [4.69, 9.17) is 32.4 Å². The van der Waals surface area contributed by atoms with Gasteiger partial charge in [-0.25, -0.2) is 0 Å².